The third kappa shape index (κ3) is 2.73. The minimum absolute atomic E-state index is 0.00810. The Morgan fingerprint density at radius 2 is 2.10 bits per heavy atom. The van der Waals surface area contributed by atoms with Crippen molar-refractivity contribution in [2.24, 2.45) is 11.3 Å². The number of nitrogens with zero attached hydrogens (tertiary/aromatic N) is 2. The summed E-state index contributed by atoms with van der Waals surface area (Å²) in [7, 11) is 3.34. The van der Waals surface area contributed by atoms with Crippen molar-refractivity contribution in [3.63, 3.8) is 0 Å². The fraction of sp³-hybridized carbons (Fsp3) is 0.733. The number of ether oxygens (including phenoxy) is 1. The summed E-state index contributed by atoms with van der Waals surface area (Å²) in [6.45, 7) is 5.80. The van der Waals surface area contributed by atoms with E-state index < -0.39 is 0 Å². The van der Waals surface area contributed by atoms with E-state index >= 15 is 0 Å². The van der Waals surface area contributed by atoms with Gasteiger partial charge in [0.15, 0.2) is 0 Å². The Hall–Kier alpha value is -1.36. The Kier molecular flexibility index (Phi) is 4.48. The predicted octanol–water partition coefficient (Wildman–Crippen LogP) is 0.906. The molecular formula is C15H24N2O3. The zero-order chi connectivity index (χ0) is 14.8. The number of likely N-dealkylation sites (N-methyl/N-ethyl adjacent to an activating group) is 1. The zero-order valence-electron chi connectivity index (χ0n) is 12.4. The average Bonchev–Trinajstić information content (AvgIpc) is 2.31. The van der Waals surface area contributed by atoms with Crippen molar-refractivity contribution in [1.82, 2.24) is 9.80 Å². The molecule has 2 amide bonds. The van der Waals surface area contributed by atoms with Gasteiger partial charge in [0.2, 0.25) is 11.8 Å². The molecule has 1 aliphatic heterocycles. The molecule has 0 N–H and O–H groups in total. The van der Waals surface area contributed by atoms with Gasteiger partial charge in [0.25, 0.3) is 0 Å². The van der Waals surface area contributed by atoms with Crippen molar-refractivity contribution < 1.29 is 14.3 Å². The summed E-state index contributed by atoms with van der Waals surface area (Å²) >= 11 is 0. The van der Waals surface area contributed by atoms with E-state index in [4.69, 9.17) is 4.74 Å². The Morgan fingerprint density at radius 3 is 2.55 bits per heavy atom. The second-order valence-corrected chi connectivity index (χ2v) is 6.07. The molecule has 0 unspecified atom stereocenters. The first-order valence-electron chi connectivity index (χ1n) is 7.16. The second kappa shape index (κ2) is 5.95. The van der Waals surface area contributed by atoms with Crippen molar-refractivity contribution >= 4 is 11.8 Å². The first-order valence-corrected chi connectivity index (χ1v) is 7.16. The van der Waals surface area contributed by atoms with E-state index in [0.29, 0.717) is 5.92 Å². The van der Waals surface area contributed by atoms with Crippen molar-refractivity contribution in [3.8, 4) is 0 Å². The highest BCUT2D eigenvalue weighted by molar-refractivity contribution is 5.90. The SMILES string of the molecule is C=CC(=O)N(C)CC(=O)N1CC(COC)(C2CCC2)C1. The Balaban J connectivity index is 1.85. The summed E-state index contributed by atoms with van der Waals surface area (Å²) in [5, 5.41) is 0. The van der Waals surface area contributed by atoms with Crippen molar-refractivity contribution in [1.29, 1.82) is 0 Å². The summed E-state index contributed by atoms with van der Waals surface area (Å²) < 4.78 is 5.36. The first kappa shape index (κ1) is 15.0. The molecule has 5 nitrogen and oxygen atoms in total. The van der Waals surface area contributed by atoms with E-state index in [2.05, 4.69) is 6.58 Å². The number of hydrogen-bond donors (Lipinski definition) is 0. The molecule has 2 fully saturated rings. The van der Waals surface area contributed by atoms with Gasteiger partial charge in [-0.25, -0.2) is 0 Å². The smallest absolute Gasteiger partial charge is 0.246 e. The molecule has 0 bridgehead atoms. The van der Waals surface area contributed by atoms with Crippen LogP contribution >= 0.6 is 0 Å². The summed E-state index contributed by atoms with van der Waals surface area (Å²) in [4.78, 5) is 26.8. The number of amides is 2. The van der Waals surface area contributed by atoms with Gasteiger partial charge in [0, 0.05) is 32.7 Å². The summed E-state index contributed by atoms with van der Waals surface area (Å²) in [5.74, 6) is 0.480. The quantitative estimate of drug-likeness (QED) is 0.679. The molecular weight excluding hydrogens is 256 g/mol. The van der Waals surface area contributed by atoms with Crippen LogP contribution in [0.15, 0.2) is 12.7 Å². The van der Waals surface area contributed by atoms with Crippen molar-refractivity contribution in [2.75, 3.05) is 40.4 Å². The monoisotopic (exact) mass is 280 g/mol. The van der Waals surface area contributed by atoms with Crippen LogP contribution in [0, 0.1) is 11.3 Å². The molecule has 0 aromatic carbocycles. The number of carbonyl (C=O) groups is 2. The minimum atomic E-state index is -0.221. The van der Waals surface area contributed by atoms with Crippen LogP contribution in [0.5, 0.6) is 0 Å². The van der Waals surface area contributed by atoms with Gasteiger partial charge in [0.1, 0.15) is 0 Å². The maximum absolute atomic E-state index is 12.1. The zero-order valence-corrected chi connectivity index (χ0v) is 12.4. The average molecular weight is 280 g/mol. The van der Waals surface area contributed by atoms with E-state index in [1.54, 1.807) is 14.2 Å². The third-order valence-electron chi connectivity index (χ3n) is 4.69. The van der Waals surface area contributed by atoms with E-state index in [1.165, 1.54) is 30.2 Å². The Bertz CT molecular complexity index is 398. The molecule has 2 rings (SSSR count). The largest absolute Gasteiger partial charge is 0.384 e. The molecule has 2 aliphatic rings. The van der Waals surface area contributed by atoms with Gasteiger partial charge < -0.3 is 14.5 Å². The van der Waals surface area contributed by atoms with E-state index in [9.17, 15) is 9.59 Å². The molecule has 0 spiro atoms. The fourth-order valence-corrected chi connectivity index (χ4v) is 3.20. The Labute approximate surface area is 120 Å². The molecule has 20 heavy (non-hydrogen) atoms. The number of methoxy groups -OCH3 is 1. The van der Waals surface area contributed by atoms with Gasteiger partial charge in [-0.1, -0.05) is 13.0 Å². The van der Waals surface area contributed by atoms with Gasteiger partial charge in [0.05, 0.1) is 13.2 Å². The highest BCUT2D eigenvalue weighted by Crippen LogP contribution is 2.48. The van der Waals surface area contributed by atoms with E-state index in [-0.39, 0.29) is 23.8 Å². The van der Waals surface area contributed by atoms with Crippen LogP contribution in [0.2, 0.25) is 0 Å². The standard InChI is InChI=1S/C15H24N2O3/c1-4-13(18)16(2)8-14(19)17-9-15(10-17,11-20-3)12-6-5-7-12/h4,12H,1,5-11H2,2-3H3. The number of rotatable bonds is 6. The number of hydrogen-bond acceptors (Lipinski definition) is 3. The maximum Gasteiger partial charge on any atom is 0.246 e. The van der Waals surface area contributed by atoms with Gasteiger partial charge >= 0.3 is 0 Å². The van der Waals surface area contributed by atoms with Crippen LogP contribution in [-0.2, 0) is 14.3 Å². The molecule has 5 heteroatoms. The lowest BCUT2D eigenvalue weighted by molar-refractivity contribution is -0.160. The lowest BCUT2D eigenvalue weighted by Gasteiger charge is -2.56. The Morgan fingerprint density at radius 1 is 1.45 bits per heavy atom. The van der Waals surface area contributed by atoms with Crippen molar-refractivity contribution in [2.45, 2.75) is 19.3 Å². The lowest BCUT2D eigenvalue weighted by Crippen LogP contribution is -2.65. The molecule has 0 atom stereocenters. The molecule has 1 heterocycles. The van der Waals surface area contributed by atoms with Gasteiger partial charge in [-0.15, -0.1) is 0 Å². The van der Waals surface area contributed by atoms with Gasteiger partial charge in [-0.2, -0.15) is 0 Å². The summed E-state index contributed by atoms with van der Waals surface area (Å²) in [6, 6.07) is 0. The molecule has 0 aromatic heterocycles. The molecule has 112 valence electrons. The van der Waals surface area contributed by atoms with Crippen LogP contribution in [0.4, 0.5) is 0 Å². The van der Waals surface area contributed by atoms with E-state index in [1.807, 2.05) is 4.90 Å². The predicted molar refractivity (Wildman–Crippen MR) is 76.1 cm³/mol. The van der Waals surface area contributed by atoms with Crippen LogP contribution in [0.25, 0.3) is 0 Å². The third-order valence-corrected chi connectivity index (χ3v) is 4.69. The highest BCUT2D eigenvalue weighted by atomic mass is 16.5. The molecule has 1 saturated heterocycles. The number of carbonyl (C=O) groups excluding carboxylic acids is 2. The molecule has 0 aromatic rings. The molecule has 1 aliphatic carbocycles. The number of likely N-dealkylation sites (tertiary alicyclic amines) is 1. The van der Waals surface area contributed by atoms with Crippen LogP contribution in [0.3, 0.4) is 0 Å². The lowest BCUT2D eigenvalue weighted by atomic mass is 9.61. The normalized spacial score (nSPS) is 20.8. The van der Waals surface area contributed by atoms with E-state index in [0.717, 1.165) is 19.7 Å². The minimum Gasteiger partial charge on any atom is -0.384 e. The molecule has 0 radical (unpaired) electrons. The second-order valence-electron chi connectivity index (χ2n) is 6.07. The van der Waals surface area contributed by atoms with Crippen LogP contribution in [0.1, 0.15) is 19.3 Å². The van der Waals surface area contributed by atoms with Crippen molar-refractivity contribution in [3.05, 3.63) is 12.7 Å². The van der Waals surface area contributed by atoms with Gasteiger partial charge in [-0.3, -0.25) is 9.59 Å². The first-order chi connectivity index (χ1) is 9.52. The molecule has 1 saturated carbocycles. The van der Waals surface area contributed by atoms with Gasteiger partial charge in [-0.05, 0) is 24.8 Å². The highest BCUT2D eigenvalue weighted by Gasteiger charge is 2.51. The fourth-order valence-electron chi connectivity index (χ4n) is 3.20. The van der Waals surface area contributed by atoms with Crippen LogP contribution < -0.4 is 0 Å². The van der Waals surface area contributed by atoms with Crippen LogP contribution in [-0.4, -0.2) is 62.0 Å². The summed E-state index contributed by atoms with van der Waals surface area (Å²) in [6.07, 6.45) is 5.02. The topological polar surface area (TPSA) is 49.9 Å². The summed E-state index contributed by atoms with van der Waals surface area (Å²) in [5.41, 5.74) is 0.156. The maximum atomic E-state index is 12.1.